The zero-order chi connectivity index (χ0) is 18.5. The molecule has 1 N–H and O–H groups in total. The number of hydrogen-bond acceptors (Lipinski definition) is 4. The van der Waals surface area contributed by atoms with Crippen molar-refractivity contribution in [2.75, 3.05) is 0 Å². The maximum absolute atomic E-state index is 11.7. The smallest absolute Gasteiger partial charge is 0.342 e. The molecule has 0 atom stereocenters. The van der Waals surface area contributed by atoms with Crippen LogP contribution in [0.15, 0.2) is 64.7 Å². The van der Waals surface area contributed by atoms with Crippen LogP contribution >= 0.6 is 23.4 Å². The van der Waals surface area contributed by atoms with E-state index in [4.69, 9.17) is 11.6 Å². The zero-order valence-corrected chi connectivity index (χ0v) is 15.5. The summed E-state index contributed by atoms with van der Waals surface area (Å²) < 4.78 is 1.88. The molecule has 0 aliphatic carbocycles. The molecule has 0 amide bonds. The number of aromatic nitrogens is 3. The summed E-state index contributed by atoms with van der Waals surface area (Å²) in [6.45, 7) is 2.58. The van der Waals surface area contributed by atoms with E-state index in [9.17, 15) is 9.90 Å². The SMILES string of the molecule is CCn1c(S/C(=C\c2ccccc2)C(=O)O)nnc1-c1ccc(Cl)cc1. The average Bonchev–Trinajstić information content (AvgIpc) is 3.05. The fourth-order valence-corrected chi connectivity index (χ4v) is 3.41. The predicted octanol–water partition coefficient (Wildman–Crippen LogP) is 4.84. The van der Waals surface area contributed by atoms with Crippen LogP contribution in [0.25, 0.3) is 17.5 Å². The lowest BCUT2D eigenvalue weighted by molar-refractivity contribution is -0.131. The largest absolute Gasteiger partial charge is 0.477 e. The van der Waals surface area contributed by atoms with Gasteiger partial charge in [-0.25, -0.2) is 4.79 Å². The molecule has 1 heterocycles. The highest BCUT2D eigenvalue weighted by Gasteiger charge is 2.18. The number of rotatable bonds is 6. The number of aliphatic carboxylic acids is 1. The minimum atomic E-state index is -1.00. The average molecular weight is 386 g/mol. The van der Waals surface area contributed by atoms with Crippen molar-refractivity contribution in [2.24, 2.45) is 0 Å². The molecule has 0 aliphatic rings. The zero-order valence-electron chi connectivity index (χ0n) is 14.0. The second kappa shape index (κ2) is 8.21. The van der Waals surface area contributed by atoms with Gasteiger partial charge in [0.15, 0.2) is 11.0 Å². The Labute approximate surface area is 160 Å². The highest BCUT2D eigenvalue weighted by Crippen LogP contribution is 2.30. The van der Waals surface area contributed by atoms with Crippen LogP contribution < -0.4 is 0 Å². The van der Waals surface area contributed by atoms with Gasteiger partial charge in [-0.3, -0.25) is 0 Å². The predicted molar refractivity (Wildman–Crippen MR) is 104 cm³/mol. The molecule has 0 saturated carbocycles. The van der Waals surface area contributed by atoms with Crippen LogP contribution in [0.5, 0.6) is 0 Å². The topological polar surface area (TPSA) is 68.0 Å². The lowest BCUT2D eigenvalue weighted by Gasteiger charge is -2.08. The minimum Gasteiger partial charge on any atom is -0.477 e. The van der Waals surface area contributed by atoms with E-state index in [2.05, 4.69) is 10.2 Å². The minimum absolute atomic E-state index is 0.181. The lowest BCUT2D eigenvalue weighted by Crippen LogP contribution is -2.02. The van der Waals surface area contributed by atoms with Crippen LogP contribution in [0, 0.1) is 0 Å². The number of carboxylic acids is 1. The van der Waals surface area contributed by atoms with Crippen molar-refractivity contribution in [3.8, 4) is 11.4 Å². The maximum Gasteiger partial charge on any atom is 0.342 e. The van der Waals surface area contributed by atoms with Crippen molar-refractivity contribution >= 4 is 35.4 Å². The molecule has 0 bridgehead atoms. The maximum atomic E-state index is 11.7. The quantitative estimate of drug-likeness (QED) is 0.486. The Balaban J connectivity index is 1.95. The molecule has 3 aromatic rings. The second-order valence-electron chi connectivity index (χ2n) is 5.38. The van der Waals surface area contributed by atoms with Gasteiger partial charge in [-0.1, -0.05) is 41.9 Å². The number of hydrogen-bond donors (Lipinski definition) is 1. The summed E-state index contributed by atoms with van der Waals surface area (Å²) in [5.74, 6) is -0.325. The van der Waals surface area contributed by atoms with E-state index in [0.717, 1.165) is 22.9 Å². The number of carbonyl (C=O) groups is 1. The van der Waals surface area contributed by atoms with Crippen LogP contribution in [0.2, 0.25) is 5.02 Å². The Morgan fingerprint density at radius 2 is 1.85 bits per heavy atom. The van der Waals surface area contributed by atoms with Crippen LogP contribution in [0.4, 0.5) is 0 Å². The molecular formula is C19H16ClN3O2S. The standard InChI is InChI=1S/C19H16ClN3O2S/c1-2-23-17(14-8-10-15(20)11-9-14)21-22-19(23)26-16(18(24)25)12-13-6-4-3-5-7-13/h3-12H,2H2,1H3,(H,24,25)/b16-12-. The first-order valence-corrected chi connectivity index (χ1v) is 9.15. The van der Waals surface area contributed by atoms with Crippen molar-refractivity contribution in [3.63, 3.8) is 0 Å². The van der Waals surface area contributed by atoms with Crippen molar-refractivity contribution < 1.29 is 9.90 Å². The van der Waals surface area contributed by atoms with Crippen molar-refractivity contribution in [2.45, 2.75) is 18.6 Å². The molecule has 0 radical (unpaired) electrons. The van der Waals surface area contributed by atoms with E-state index < -0.39 is 5.97 Å². The van der Waals surface area contributed by atoms with E-state index >= 15 is 0 Å². The first-order chi connectivity index (χ1) is 12.6. The number of benzene rings is 2. The van der Waals surface area contributed by atoms with E-state index in [1.807, 2.05) is 54.0 Å². The molecule has 0 aliphatic heterocycles. The Morgan fingerprint density at radius 1 is 1.15 bits per heavy atom. The first kappa shape index (κ1) is 18.2. The summed E-state index contributed by atoms with van der Waals surface area (Å²) in [5.41, 5.74) is 1.69. The van der Waals surface area contributed by atoms with Crippen LogP contribution in [0.1, 0.15) is 12.5 Å². The van der Waals surface area contributed by atoms with Gasteiger partial charge >= 0.3 is 5.97 Å². The molecule has 1 aromatic heterocycles. The molecule has 0 unspecified atom stereocenters. The van der Waals surface area contributed by atoms with Crippen LogP contribution in [-0.4, -0.2) is 25.8 Å². The Bertz CT molecular complexity index is 937. The molecule has 7 heteroatoms. The summed E-state index contributed by atoms with van der Waals surface area (Å²) >= 11 is 7.03. The van der Waals surface area contributed by atoms with E-state index in [0.29, 0.717) is 22.5 Å². The summed E-state index contributed by atoms with van der Waals surface area (Å²) in [7, 11) is 0. The molecule has 5 nitrogen and oxygen atoms in total. The van der Waals surface area contributed by atoms with Gasteiger partial charge in [0.1, 0.15) is 4.91 Å². The Kier molecular flexibility index (Phi) is 5.75. The molecule has 0 fully saturated rings. The number of halogens is 1. The fourth-order valence-electron chi connectivity index (χ4n) is 2.40. The van der Waals surface area contributed by atoms with Gasteiger partial charge < -0.3 is 9.67 Å². The Morgan fingerprint density at radius 3 is 2.46 bits per heavy atom. The van der Waals surface area contributed by atoms with Crippen molar-refractivity contribution in [3.05, 3.63) is 70.1 Å². The van der Waals surface area contributed by atoms with Crippen molar-refractivity contribution in [1.82, 2.24) is 14.8 Å². The summed E-state index contributed by atoms with van der Waals surface area (Å²) in [6, 6.07) is 16.6. The summed E-state index contributed by atoms with van der Waals surface area (Å²) in [5, 5.41) is 19.1. The molecule has 3 rings (SSSR count). The first-order valence-electron chi connectivity index (χ1n) is 7.95. The third kappa shape index (κ3) is 4.15. The van der Waals surface area contributed by atoms with Gasteiger partial charge in [-0.05, 0) is 54.6 Å². The summed E-state index contributed by atoms with van der Waals surface area (Å²) in [4.78, 5) is 11.8. The highest BCUT2D eigenvalue weighted by atomic mass is 35.5. The molecule has 26 heavy (non-hydrogen) atoms. The van der Waals surface area contributed by atoms with Gasteiger partial charge in [0.2, 0.25) is 0 Å². The van der Waals surface area contributed by atoms with E-state index in [1.165, 1.54) is 0 Å². The molecule has 132 valence electrons. The number of thioether (sulfide) groups is 1. The Hall–Kier alpha value is -2.57. The van der Waals surface area contributed by atoms with Gasteiger partial charge in [0, 0.05) is 17.1 Å². The second-order valence-corrected chi connectivity index (χ2v) is 6.83. The van der Waals surface area contributed by atoms with Gasteiger partial charge in [0.05, 0.1) is 0 Å². The van der Waals surface area contributed by atoms with E-state index in [-0.39, 0.29) is 4.91 Å². The third-order valence-electron chi connectivity index (χ3n) is 3.64. The monoisotopic (exact) mass is 385 g/mol. The molecular weight excluding hydrogens is 370 g/mol. The van der Waals surface area contributed by atoms with Gasteiger partial charge in [-0.15, -0.1) is 10.2 Å². The van der Waals surface area contributed by atoms with Crippen LogP contribution in [0.3, 0.4) is 0 Å². The van der Waals surface area contributed by atoms with Crippen LogP contribution in [-0.2, 0) is 11.3 Å². The van der Waals surface area contributed by atoms with Gasteiger partial charge in [-0.2, -0.15) is 0 Å². The van der Waals surface area contributed by atoms with Gasteiger partial charge in [0.25, 0.3) is 0 Å². The number of nitrogens with zero attached hydrogens (tertiary/aromatic N) is 3. The fraction of sp³-hybridized carbons (Fsp3) is 0.105. The lowest BCUT2D eigenvalue weighted by atomic mass is 10.2. The summed E-state index contributed by atoms with van der Waals surface area (Å²) in [6.07, 6.45) is 1.63. The third-order valence-corrected chi connectivity index (χ3v) is 4.89. The number of carboxylic acid groups (broad SMARTS) is 1. The molecule has 2 aromatic carbocycles. The normalized spacial score (nSPS) is 11.5. The van der Waals surface area contributed by atoms with E-state index in [1.54, 1.807) is 18.2 Å². The molecule has 0 spiro atoms. The van der Waals surface area contributed by atoms with Crippen molar-refractivity contribution in [1.29, 1.82) is 0 Å². The molecule has 0 saturated heterocycles. The highest BCUT2D eigenvalue weighted by molar-refractivity contribution is 8.04.